The Bertz CT molecular complexity index is 1030. The Morgan fingerprint density at radius 1 is 1.25 bits per heavy atom. The van der Waals surface area contributed by atoms with Crippen LogP contribution in [0.15, 0.2) is 30.6 Å². The van der Waals surface area contributed by atoms with Crippen LogP contribution >= 0.6 is 11.6 Å². The molecule has 1 aromatic heterocycles. The number of rotatable bonds is 6. The molecule has 0 unspecified atom stereocenters. The van der Waals surface area contributed by atoms with Crippen LogP contribution in [0.3, 0.4) is 0 Å². The molecule has 4 rings (SSSR count). The number of aryl methyl sites for hydroxylation is 1. The lowest BCUT2D eigenvalue weighted by Crippen LogP contribution is -2.23. The van der Waals surface area contributed by atoms with Gasteiger partial charge in [-0.3, -0.25) is 4.79 Å². The predicted molar refractivity (Wildman–Crippen MR) is 110 cm³/mol. The summed E-state index contributed by atoms with van der Waals surface area (Å²) in [7, 11) is 0. The fourth-order valence-electron chi connectivity index (χ4n) is 3.73. The first-order chi connectivity index (χ1) is 13.6. The van der Waals surface area contributed by atoms with E-state index in [0.29, 0.717) is 22.5 Å². The van der Waals surface area contributed by atoms with Crippen LogP contribution in [0.1, 0.15) is 28.8 Å². The molecule has 0 amide bonds. The molecular weight excluding hydrogens is 379 g/mol. The molecule has 1 N–H and O–H groups in total. The predicted octanol–water partition coefficient (Wildman–Crippen LogP) is 4.79. The van der Waals surface area contributed by atoms with Crippen LogP contribution in [0.4, 0.5) is 15.8 Å². The van der Waals surface area contributed by atoms with E-state index in [2.05, 4.69) is 15.2 Å². The van der Waals surface area contributed by atoms with Gasteiger partial charge in [-0.1, -0.05) is 11.6 Å². The molecule has 28 heavy (non-hydrogen) atoms. The molecule has 1 aliphatic heterocycles. The third-order valence-electron chi connectivity index (χ3n) is 5.32. The summed E-state index contributed by atoms with van der Waals surface area (Å²) in [6.45, 7) is 5.70. The fraction of sp³-hybridized carbons (Fsp3) is 0.333. The lowest BCUT2D eigenvalue weighted by Gasteiger charge is -2.16. The molecule has 146 valence electrons. The Morgan fingerprint density at radius 2 is 2.04 bits per heavy atom. The average molecular weight is 401 g/mol. The Morgan fingerprint density at radius 3 is 2.75 bits per heavy atom. The number of hydrogen-bond donors (Lipinski definition) is 1. The average Bonchev–Trinajstić information content (AvgIpc) is 3.33. The Labute approximate surface area is 168 Å². The third kappa shape index (κ3) is 3.62. The number of benzene rings is 2. The summed E-state index contributed by atoms with van der Waals surface area (Å²) >= 11 is 5.99. The van der Waals surface area contributed by atoms with Crippen molar-refractivity contribution in [1.29, 1.82) is 0 Å². The topological polar surface area (TPSA) is 50.2 Å². The maximum Gasteiger partial charge on any atom is 0.175 e. The lowest BCUT2D eigenvalue weighted by atomic mass is 10.1. The van der Waals surface area contributed by atoms with Crippen LogP contribution < -0.4 is 5.32 Å². The van der Waals surface area contributed by atoms with E-state index in [1.165, 1.54) is 12.8 Å². The molecule has 0 aliphatic carbocycles. The minimum Gasteiger partial charge on any atom is -0.352 e. The molecule has 1 saturated heterocycles. The highest BCUT2D eigenvalue weighted by molar-refractivity contribution is 6.30. The molecule has 1 fully saturated rings. The van der Waals surface area contributed by atoms with E-state index in [1.807, 2.05) is 11.5 Å². The van der Waals surface area contributed by atoms with E-state index in [-0.39, 0.29) is 16.8 Å². The van der Waals surface area contributed by atoms with Crippen molar-refractivity contribution < 1.29 is 9.18 Å². The number of nitrogens with zero attached hydrogens (tertiary/aromatic N) is 3. The van der Waals surface area contributed by atoms with Gasteiger partial charge in [0.2, 0.25) is 0 Å². The van der Waals surface area contributed by atoms with Crippen molar-refractivity contribution in [3.05, 3.63) is 52.6 Å². The molecule has 0 spiro atoms. The number of aromatic nitrogens is 2. The number of aldehydes is 1. The van der Waals surface area contributed by atoms with Crippen molar-refractivity contribution in [2.45, 2.75) is 26.3 Å². The van der Waals surface area contributed by atoms with Crippen molar-refractivity contribution in [3.63, 3.8) is 0 Å². The number of halogens is 2. The van der Waals surface area contributed by atoms with Crippen LogP contribution in [0.5, 0.6) is 0 Å². The number of carbonyl (C=O) groups is 1. The molecule has 0 atom stereocenters. The molecule has 2 aromatic carbocycles. The first-order valence-electron chi connectivity index (χ1n) is 9.45. The van der Waals surface area contributed by atoms with Crippen molar-refractivity contribution in [2.75, 3.05) is 25.0 Å². The lowest BCUT2D eigenvalue weighted by molar-refractivity contribution is 0.112. The second-order valence-electron chi connectivity index (χ2n) is 7.21. The molecule has 0 saturated carbocycles. The monoisotopic (exact) mass is 400 g/mol. The molecular formula is C21H22ClFN4O. The summed E-state index contributed by atoms with van der Waals surface area (Å²) in [5.74, 6) is -0.520. The largest absolute Gasteiger partial charge is 0.352 e. The van der Waals surface area contributed by atoms with Crippen molar-refractivity contribution in [3.8, 4) is 0 Å². The van der Waals surface area contributed by atoms with Gasteiger partial charge < -0.3 is 14.8 Å². The van der Waals surface area contributed by atoms with Gasteiger partial charge in [0.05, 0.1) is 17.5 Å². The van der Waals surface area contributed by atoms with Crippen LogP contribution in [0.2, 0.25) is 5.02 Å². The first-order valence-corrected chi connectivity index (χ1v) is 9.82. The van der Waals surface area contributed by atoms with E-state index in [9.17, 15) is 4.79 Å². The second-order valence-corrected chi connectivity index (χ2v) is 7.65. The van der Waals surface area contributed by atoms with Gasteiger partial charge in [-0.15, -0.1) is 0 Å². The minimum atomic E-state index is -0.520. The SMILES string of the molecule is Cc1cc(Cl)ccc1Nc1c(C=O)cc2c(ncn2CCN2CCCC2)c1F. The zero-order chi connectivity index (χ0) is 19.7. The van der Waals surface area contributed by atoms with Crippen LogP contribution in [0, 0.1) is 12.7 Å². The van der Waals surface area contributed by atoms with Gasteiger partial charge in [-0.2, -0.15) is 0 Å². The van der Waals surface area contributed by atoms with Crippen molar-refractivity contribution >= 4 is 40.3 Å². The van der Waals surface area contributed by atoms with Crippen LogP contribution in [-0.4, -0.2) is 40.4 Å². The van der Waals surface area contributed by atoms with Crippen molar-refractivity contribution in [1.82, 2.24) is 14.5 Å². The molecule has 0 radical (unpaired) electrons. The minimum absolute atomic E-state index is 0.137. The summed E-state index contributed by atoms with van der Waals surface area (Å²) in [6.07, 6.45) is 4.78. The van der Waals surface area contributed by atoms with E-state index in [1.54, 1.807) is 30.6 Å². The number of likely N-dealkylation sites (tertiary alicyclic amines) is 1. The second kappa shape index (κ2) is 7.89. The number of hydrogen-bond acceptors (Lipinski definition) is 4. The highest BCUT2D eigenvalue weighted by Crippen LogP contribution is 2.31. The smallest absolute Gasteiger partial charge is 0.175 e. The van der Waals surface area contributed by atoms with Crippen LogP contribution in [-0.2, 0) is 6.54 Å². The highest BCUT2D eigenvalue weighted by Gasteiger charge is 2.19. The van der Waals surface area contributed by atoms with Gasteiger partial charge in [-0.05, 0) is 62.7 Å². The quantitative estimate of drug-likeness (QED) is 0.604. The number of imidazole rings is 1. The van der Waals surface area contributed by atoms with E-state index in [4.69, 9.17) is 11.6 Å². The molecule has 2 heterocycles. The van der Waals surface area contributed by atoms with Gasteiger partial charge in [0, 0.05) is 29.4 Å². The Hall–Kier alpha value is -2.44. The molecule has 3 aromatic rings. The third-order valence-corrected chi connectivity index (χ3v) is 5.55. The highest BCUT2D eigenvalue weighted by atomic mass is 35.5. The number of nitrogens with one attached hydrogen (secondary N) is 1. The van der Waals surface area contributed by atoms with E-state index in [0.717, 1.165) is 31.7 Å². The zero-order valence-corrected chi connectivity index (χ0v) is 16.5. The van der Waals surface area contributed by atoms with Gasteiger partial charge >= 0.3 is 0 Å². The van der Waals surface area contributed by atoms with Gasteiger partial charge in [0.25, 0.3) is 0 Å². The molecule has 5 nitrogen and oxygen atoms in total. The molecule has 7 heteroatoms. The summed E-state index contributed by atoms with van der Waals surface area (Å²) in [5.41, 5.74) is 2.86. The Kier molecular flexibility index (Phi) is 5.33. The number of carbonyl (C=O) groups excluding carboxylic acids is 1. The Balaban J connectivity index is 1.67. The van der Waals surface area contributed by atoms with Gasteiger partial charge in [0.1, 0.15) is 5.52 Å². The fourth-order valence-corrected chi connectivity index (χ4v) is 3.96. The van der Waals surface area contributed by atoms with Crippen molar-refractivity contribution in [2.24, 2.45) is 0 Å². The summed E-state index contributed by atoms with van der Waals surface area (Å²) in [4.78, 5) is 18.3. The van der Waals surface area contributed by atoms with Gasteiger partial charge in [-0.25, -0.2) is 9.37 Å². The summed E-state index contributed by atoms with van der Waals surface area (Å²) < 4.78 is 17.2. The maximum atomic E-state index is 15.2. The van der Waals surface area contributed by atoms with E-state index >= 15 is 4.39 Å². The molecule has 0 bridgehead atoms. The summed E-state index contributed by atoms with van der Waals surface area (Å²) in [6, 6.07) is 6.98. The maximum absolute atomic E-state index is 15.2. The standard InChI is InChI=1S/C21H22ClFN4O/c1-14-10-16(22)4-5-17(14)25-20-15(12-28)11-18-21(19(20)23)24-13-27(18)9-8-26-6-2-3-7-26/h4-5,10-13,25H,2-3,6-9H2,1H3. The van der Waals surface area contributed by atoms with Crippen LogP contribution in [0.25, 0.3) is 11.0 Å². The molecule has 1 aliphatic rings. The normalized spacial score (nSPS) is 14.7. The van der Waals surface area contributed by atoms with Gasteiger partial charge in [0.15, 0.2) is 12.1 Å². The summed E-state index contributed by atoms with van der Waals surface area (Å²) in [5, 5.41) is 3.65. The zero-order valence-electron chi connectivity index (χ0n) is 15.7. The first kappa shape index (κ1) is 18.9. The number of fused-ring (bicyclic) bond motifs is 1. The number of anilines is 2. The van der Waals surface area contributed by atoms with E-state index < -0.39 is 5.82 Å².